The summed E-state index contributed by atoms with van der Waals surface area (Å²) in [6.07, 6.45) is 0.558. The molecule has 0 spiro atoms. The Kier molecular flexibility index (Phi) is 2.78. The molecule has 2 unspecified atom stereocenters. The van der Waals surface area contributed by atoms with Gasteiger partial charge in [-0.2, -0.15) is 0 Å². The van der Waals surface area contributed by atoms with Crippen molar-refractivity contribution in [2.45, 2.75) is 16.9 Å². The number of fused-ring (bicyclic) bond motifs is 1. The van der Waals surface area contributed by atoms with Gasteiger partial charge in [0.05, 0.1) is 0 Å². The normalized spacial score (nSPS) is 21.2. The maximum Gasteiger partial charge on any atom is 0.288 e. The van der Waals surface area contributed by atoms with Crippen molar-refractivity contribution in [3.63, 3.8) is 0 Å². The Hall–Kier alpha value is -1.89. The third kappa shape index (κ3) is 1.99. The number of nitrogens with two attached hydrogens (primary N) is 1. The minimum Gasteiger partial charge on any atom is -0.430 e. The van der Waals surface area contributed by atoms with Crippen LogP contribution in [0.4, 0.5) is 5.69 Å². The highest BCUT2D eigenvalue weighted by molar-refractivity contribution is 7.86. The molecule has 1 aromatic carbocycles. The molecule has 6 nitrogen and oxygen atoms in total. The summed E-state index contributed by atoms with van der Waals surface area (Å²) in [4.78, 5) is 17.6. The van der Waals surface area contributed by atoms with Crippen LogP contribution >= 0.6 is 0 Å². The lowest BCUT2D eigenvalue weighted by atomic mass is 10.3. The summed E-state index contributed by atoms with van der Waals surface area (Å²) in [7, 11) is 0.142. The molecule has 2 atom stereocenters. The van der Waals surface area contributed by atoms with E-state index < -0.39 is 16.0 Å². The van der Waals surface area contributed by atoms with Crippen LogP contribution in [0, 0.1) is 0 Å². The molecule has 0 saturated carbocycles. The number of rotatable bonds is 2. The standard InChI is InChI=1S/C12H13N3O3S/c1-15-5-4-10(11(15)16)19(17)12-14-8-6-7(13)2-3-9(8)18-12/h2-3,6,10H,4-5,13H2,1H3. The van der Waals surface area contributed by atoms with E-state index in [-0.39, 0.29) is 11.1 Å². The number of likely N-dealkylation sites (tertiary alicyclic amines) is 1. The minimum atomic E-state index is -1.56. The predicted molar refractivity (Wildman–Crippen MR) is 70.9 cm³/mol. The quantitative estimate of drug-likeness (QED) is 0.819. The molecule has 0 bridgehead atoms. The molecule has 0 radical (unpaired) electrons. The van der Waals surface area contributed by atoms with Crippen molar-refractivity contribution in [2.75, 3.05) is 19.3 Å². The van der Waals surface area contributed by atoms with Crippen LogP contribution in [0.15, 0.2) is 27.8 Å². The van der Waals surface area contributed by atoms with Gasteiger partial charge in [0, 0.05) is 19.3 Å². The fraction of sp³-hybridized carbons (Fsp3) is 0.333. The lowest BCUT2D eigenvalue weighted by molar-refractivity contribution is -0.126. The zero-order chi connectivity index (χ0) is 13.6. The van der Waals surface area contributed by atoms with Gasteiger partial charge in [-0.25, -0.2) is 9.19 Å². The van der Waals surface area contributed by atoms with Gasteiger partial charge in [0.25, 0.3) is 5.22 Å². The Morgan fingerprint density at radius 3 is 3.00 bits per heavy atom. The highest BCUT2D eigenvalue weighted by atomic mass is 32.2. The molecular formula is C12H13N3O3S. The molecule has 1 aromatic heterocycles. The maximum absolute atomic E-state index is 12.3. The topological polar surface area (TPSA) is 89.4 Å². The number of hydrogen-bond acceptors (Lipinski definition) is 5. The van der Waals surface area contributed by atoms with Gasteiger partial charge in [-0.1, -0.05) is 0 Å². The summed E-state index contributed by atoms with van der Waals surface area (Å²) in [5, 5.41) is -0.468. The summed E-state index contributed by atoms with van der Waals surface area (Å²) in [6, 6.07) is 5.03. The fourth-order valence-corrected chi connectivity index (χ4v) is 3.41. The Labute approximate surface area is 112 Å². The number of carbonyl (C=O) groups is 1. The van der Waals surface area contributed by atoms with Crippen LogP contribution in [-0.2, 0) is 15.6 Å². The molecule has 100 valence electrons. The van der Waals surface area contributed by atoms with Crippen molar-refractivity contribution < 1.29 is 13.4 Å². The molecule has 19 heavy (non-hydrogen) atoms. The zero-order valence-corrected chi connectivity index (χ0v) is 11.1. The molecule has 1 aliphatic rings. The number of hydrogen-bond donors (Lipinski definition) is 1. The molecule has 3 rings (SSSR count). The summed E-state index contributed by atoms with van der Waals surface area (Å²) < 4.78 is 17.8. The molecule has 7 heteroatoms. The van der Waals surface area contributed by atoms with Crippen molar-refractivity contribution in [3.05, 3.63) is 18.2 Å². The van der Waals surface area contributed by atoms with Gasteiger partial charge >= 0.3 is 0 Å². The Morgan fingerprint density at radius 1 is 1.53 bits per heavy atom. The van der Waals surface area contributed by atoms with Crippen LogP contribution in [0.5, 0.6) is 0 Å². The fourth-order valence-electron chi connectivity index (χ4n) is 2.12. The monoisotopic (exact) mass is 279 g/mol. The third-order valence-electron chi connectivity index (χ3n) is 3.20. The van der Waals surface area contributed by atoms with Gasteiger partial charge in [0.1, 0.15) is 21.6 Å². The summed E-state index contributed by atoms with van der Waals surface area (Å²) in [6.45, 7) is 0.614. The van der Waals surface area contributed by atoms with Gasteiger partial charge in [0.15, 0.2) is 5.58 Å². The van der Waals surface area contributed by atoms with Crippen molar-refractivity contribution in [3.8, 4) is 0 Å². The number of nitrogens with zero attached hydrogens (tertiary/aromatic N) is 2. The number of benzene rings is 1. The van der Waals surface area contributed by atoms with E-state index in [1.165, 1.54) is 0 Å². The average molecular weight is 279 g/mol. The van der Waals surface area contributed by atoms with E-state index in [1.54, 1.807) is 30.1 Å². The number of amides is 1. The number of carbonyl (C=O) groups excluding carboxylic acids is 1. The molecule has 2 N–H and O–H groups in total. The first kappa shape index (κ1) is 12.2. The first-order chi connectivity index (χ1) is 9.06. The molecule has 1 fully saturated rings. The summed E-state index contributed by atoms with van der Waals surface area (Å²) in [5.41, 5.74) is 7.30. The molecule has 0 aliphatic carbocycles. The van der Waals surface area contributed by atoms with Crippen molar-refractivity contribution >= 4 is 33.5 Å². The van der Waals surface area contributed by atoms with Gasteiger partial charge < -0.3 is 15.1 Å². The molecule has 2 heterocycles. The Balaban J connectivity index is 1.96. The zero-order valence-electron chi connectivity index (χ0n) is 10.3. The van der Waals surface area contributed by atoms with Gasteiger partial charge in [-0.05, 0) is 24.6 Å². The van der Waals surface area contributed by atoms with Crippen LogP contribution in [0.25, 0.3) is 11.1 Å². The molecule has 1 saturated heterocycles. The van der Waals surface area contributed by atoms with Crippen molar-refractivity contribution in [2.24, 2.45) is 0 Å². The number of oxazole rings is 1. The van der Waals surface area contributed by atoms with Crippen LogP contribution < -0.4 is 5.73 Å². The summed E-state index contributed by atoms with van der Waals surface area (Å²) in [5.74, 6) is -0.125. The van der Waals surface area contributed by atoms with E-state index in [4.69, 9.17) is 10.2 Å². The lowest BCUT2D eigenvalue weighted by Gasteiger charge is -2.07. The molecule has 2 aromatic rings. The van der Waals surface area contributed by atoms with Gasteiger partial charge in [-0.3, -0.25) is 4.79 Å². The van der Waals surface area contributed by atoms with E-state index >= 15 is 0 Å². The molecule has 1 aliphatic heterocycles. The van der Waals surface area contributed by atoms with Crippen LogP contribution in [0.1, 0.15) is 6.42 Å². The third-order valence-corrected chi connectivity index (χ3v) is 4.67. The second kappa shape index (κ2) is 4.34. The van der Waals surface area contributed by atoms with Crippen LogP contribution in [-0.4, -0.2) is 38.8 Å². The smallest absolute Gasteiger partial charge is 0.288 e. The van der Waals surface area contributed by atoms with Gasteiger partial charge in [-0.15, -0.1) is 0 Å². The van der Waals surface area contributed by atoms with E-state index in [2.05, 4.69) is 4.98 Å². The Bertz CT molecular complexity index is 682. The molecular weight excluding hydrogens is 266 g/mol. The Morgan fingerprint density at radius 2 is 2.32 bits per heavy atom. The number of aromatic nitrogens is 1. The largest absolute Gasteiger partial charge is 0.430 e. The second-order valence-electron chi connectivity index (χ2n) is 4.54. The highest BCUT2D eigenvalue weighted by Gasteiger charge is 2.36. The number of nitrogen functional groups attached to an aromatic ring is 1. The predicted octanol–water partition coefficient (Wildman–Crippen LogP) is 0.748. The van der Waals surface area contributed by atoms with E-state index in [0.717, 1.165) is 0 Å². The summed E-state index contributed by atoms with van der Waals surface area (Å²) >= 11 is 0. The molecule has 1 amide bonds. The van der Waals surface area contributed by atoms with Crippen LogP contribution in [0.2, 0.25) is 0 Å². The minimum absolute atomic E-state index is 0.0919. The SMILES string of the molecule is CN1CCC(S(=O)c2nc3cc(N)ccc3o2)C1=O. The van der Waals surface area contributed by atoms with E-state index in [1.807, 2.05) is 0 Å². The highest BCUT2D eigenvalue weighted by Crippen LogP contribution is 2.24. The number of anilines is 1. The second-order valence-corrected chi connectivity index (χ2v) is 6.05. The van der Waals surface area contributed by atoms with Crippen molar-refractivity contribution in [1.82, 2.24) is 9.88 Å². The van der Waals surface area contributed by atoms with Crippen molar-refractivity contribution in [1.29, 1.82) is 0 Å². The van der Waals surface area contributed by atoms with E-state index in [0.29, 0.717) is 29.8 Å². The van der Waals surface area contributed by atoms with E-state index in [9.17, 15) is 9.00 Å². The maximum atomic E-state index is 12.3. The van der Waals surface area contributed by atoms with Crippen LogP contribution in [0.3, 0.4) is 0 Å². The van der Waals surface area contributed by atoms with Gasteiger partial charge in [0.2, 0.25) is 5.91 Å². The average Bonchev–Trinajstić information content (AvgIpc) is 2.93. The first-order valence-electron chi connectivity index (χ1n) is 5.88. The lowest BCUT2D eigenvalue weighted by Crippen LogP contribution is -2.28. The first-order valence-corrected chi connectivity index (χ1v) is 7.09.